The van der Waals surface area contributed by atoms with Crippen LogP contribution in [0.3, 0.4) is 0 Å². The highest BCUT2D eigenvalue weighted by atomic mass is 35.5. The predicted octanol–water partition coefficient (Wildman–Crippen LogP) is 1.71. The molecule has 1 saturated heterocycles. The van der Waals surface area contributed by atoms with E-state index in [0.717, 1.165) is 15.8 Å². The lowest BCUT2D eigenvalue weighted by molar-refractivity contribution is -0.384. The van der Waals surface area contributed by atoms with Crippen molar-refractivity contribution in [2.75, 3.05) is 13.1 Å². The molecule has 10 heteroatoms. The topological polar surface area (TPSA) is 102 Å². The third-order valence-electron chi connectivity index (χ3n) is 3.01. The quantitative estimate of drug-likeness (QED) is 0.660. The number of aromatic nitrogens is 2. The first-order valence-corrected chi connectivity index (χ1v) is 5.79. The Morgan fingerprint density at radius 2 is 2.37 bits per heavy atom. The molecule has 1 aliphatic rings. The number of hydrogen-bond acceptors (Lipinski definition) is 4. The number of rotatable bonds is 2. The number of nitrogens with zero attached hydrogens (tertiary/aromatic N) is 4. The van der Waals surface area contributed by atoms with E-state index < -0.39 is 28.9 Å². The van der Waals surface area contributed by atoms with Gasteiger partial charge >= 0.3 is 11.8 Å². The van der Waals surface area contributed by atoms with E-state index in [1.54, 1.807) is 0 Å². The van der Waals surface area contributed by atoms with Gasteiger partial charge in [-0.1, -0.05) is 11.6 Å². The first kappa shape index (κ1) is 13.5. The predicted molar refractivity (Wildman–Crippen MR) is 62.0 cm³/mol. The maximum atomic E-state index is 13.9. The van der Waals surface area contributed by atoms with Crippen LogP contribution in [0.4, 0.5) is 14.9 Å². The lowest BCUT2D eigenvalue weighted by Crippen LogP contribution is -2.45. The Balaban J connectivity index is 2.20. The lowest BCUT2D eigenvalue weighted by atomic mass is 10.0. The molecule has 0 spiro atoms. The molecule has 0 aromatic carbocycles. The molecule has 0 bridgehead atoms. The number of alkyl halides is 1. The van der Waals surface area contributed by atoms with Gasteiger partial charge in [-0.25, -0.2) is 13.9 Å². The highest BCUT2D eigenvalue weighted by Crippen LogP contribution is 2.32. The van der Waals surface area contributed by atoms with Crippen molar-refractivity contribution in [2.45, 2.75) is 18.6 Å². The molecule has 1 aromatic heterocycles. The Morgan fingerprint density at radius 1 is 1.68 bits per heavy atom. The minimum absolute atomic E-state index is 0.129. The average Bonchev–Trinajstić information content (AvgIpc) is 2.71. The number of carboxylic acid groups (broad SMARTS) is 1. The van der Waals surface area contributed by atoms with Gasteiger partial charge in [0.25, 0.3) is 0 Å². The fourth-order valence-corrected chi connectivity index (χ4v) is 2.32. The van der Waals surface area contributed by atoms with E-state index in [9.17, 15) is 19.3 Å². The molecule has 2 atom stereocenters. The van der Waals surface area contributed by atoms with Crippen LogP contribution in [0.1, 0.15) is 12.5 Å². The molecular weight excluding hydrogens is 283 g/mol. The number of nitro groups is 1. The van der Waals surface area contributed by atoms with E-state index in [4.69, 9.17) is 16.7 Å². The molecule has 1 aromatic rings. The molecule has 2 unspecified atom stereocenters. The molecule has 104 valence electrons. The van der Waals surface area contributed by atoms with Crippen molar-refractivity contribution in [2.24, 2.45) is 0 Å². The van der Waals surface area contributed by atoms with Gasteiger partial charge in [0.05, 0.1) is 17.5 Å². The molecule has 0 radical (unpaired) electrons. The summed E-state index contributed by atoms with van der Waals surface area (Å²) in [6.45, 7) is -0.172. The average molecular weight is 293 g/mol. The number of likely N-dealkylation sites (tertiary alicyclic amines) is 1. The first-order chi connectivity index (χ1) is 8.91. The Morgan fingerprint density at radius 3 is 2.84 bits per heavy atom. The smallest absolute Gasteiger partial charge is 0.407 e. The van der Waals surface area contributed by atoms with Crippen LogP contribution >= 0.6 is 11.6 Å². The van der Waals surface area contributed by atoms with Crippen LogP contribution in [0.15, 0.2) is 6.20 Å². The zero-order chi connectivity index (χ0) is 14.2. The second-order valence-electron chi connectivity index (χ2n) is 4.12. The van der Waals surface area contributed by atoms with Gasteiger partial charge in [-0.2, -0.15) is 5.10 Å². The van der Waals surface area contributed by atoms with Gasteiger partial charge < -0.3 is 10.0 Å². The Hall–Kier alpha value is -1.90. The summed E-state index contributed by atoms with van der Waals surface area (Å²) in [5, 5.41) is 22.9. The van der Waals surface area contributed by atoms with E-state index in [2.05, 4.69) is 5.10 Å². The largest absolute Gasteiger partial charge is 0.465 e. The van der Waals surface area contributed by atoms with Gasteiger partial charge in [0.15, 0.2) is 0 Å². The van der Waals surface area contributed by atoms with Crippen molar-refractivity contribution in [3.63, 3.8) is 0 Å². The second-order valence-corrected chi connectivity index (χ2v) is 4.48. The van der Waals surface area contributed by atoms with Crippen molar-refractivity contribution in [1.82, 2.24) is 14.7 Å². The van der Waals surface area contributed by atoms with E-state index in [-0.39, 0.29) is 24.7 Å². The van der Waals surface area contributed by atoms with Crippen LogP contribution in [-0.4, -0.2) is 50.1 Å². The second kappa shape index (κ2) is 5.00. The van der Waals surface area contributed by atoms with Crippen molar-refractivity contribution < 1.29 is 19.2 Å². The summed E-state index contributed by atoms with van der Waals surface area (Å²) in [5.41, 5.74) is -0.394. The Bertz CT molecular complexity index is 522. The number of hydrogen-bond donors (Lipinski definition) is 1. The first-order valence-electron chi connectivity index (χ1n) is 5.41. The number of carbonyl (C=O) groups is 1. The summed E-state index contributed by atoms with van der Waals surface area (Å²) in [6.07, 6.45) is -1.59. The molecule has 1 N–H and O–H groups in total. The van der Waals surface area contributed by atoms with Crippen molar-refractivity contribution >= 4 is 23.4 Å². The molecular formula is C9H10ClFN4O4. The molecule has 8 nitrogen and oxygen atoms in total. The summed E-state index contributed by atoms with van der Waals surface area (Å²) in [5.74, 6) is 0. The third kappa shape index (κ3) is 2.46. The molecule has 2 rings (SSSR count). The van der Waals surface area contributed by atoms with Gasteiger partial charge in [0.1, 0.15) is 12.4 Å². The zero-order valence-electron chi connectivity index (χ0n) is 9.57. The molecule has 1 amide bonds. The summed E-state index contributed by atoms with van der Waals surface area (Å²) >= 11 is 5.78. The van der Waals surface area contributed by atoms with E-state index in [1.165, 1.54) is 0 Å². The van der Waals surface area contributed by atoms with Crippen LogP contribution in [0, 0.1) is 10.1 Å². The third-order valence-corrected chi connectivity index (χ3v) is 3.37. The zero-order valence-corrected chi connectivity index (χ0v) is 10.3. The SMILES string of the molecule is O=C(O)N1CCC(n2ncc([N+](=O)[O-])c2Cl)C(F)C1. The summed E-state index contributed by atoms with van der Waals surface area (Å²) in [6, 6.07) is -0.795. The monoisotopic (exact) mass is 292 g/mol. The van der Waals surface area contributed by atoms with Crippen molar-refractivity contribution in [1.29, 1.82) is 0 Å². The van der Waals surface area contributed by atoms with Crippen LogP contribution < -0.4 is 0 Å². The fourth-order valence-electron chi connectivity index (χ4n) is 2.03. The van der Waals surface area contributed by atoms with Crippen molar-refractivity contribution in [3.8, 4) is 0 Å². The summed E-state index contributed by atoms with van der Waals surface area (Å²) < 4.78 is 15.0. The van der Waals surface area contributed by atoms with Gasteiger partial charge in [-0.15, -0.1) is 0 Å². The maximum Gasteiger partial charge on any atom is 0.407 e. The van der Waals surface area contributed by atoms with E-state index >= 15 is 0 Å². The molecule has 2 heterocycles. The van der Waals surface area contributed by atoms with E-state index in [0.29, 0.717) is 0 Å². The number of halogens is 2. The van der Waals surface area contributed by atoms with Crippen LogP contribution in [0.2, 0.25) is 5.15 Å². The highest BCUT2D eigenvalue weighted by Gasteiger charge is 2.35. The van der Waals surface area contributed by atoms with Gasteiger partial charge in [0, 0.05) is 6.54 Å². The van der Waals surface area contributed by atoms with Crippen molar-refractivity contribution in [3.05, 3.63) is 21.5 Å². The number of piperidine rings is 1. The fraction of sp³-hybridized carbons (Fsp3) is 0.556. The van der Waals surface area contributed by atoms with E-state index in [1.807, 2.05) is 0 Å². The Labute approximate surface area is 111 Å². The normalized spacial score (nSPS) is 23.4. The lowest BCUT2D eigenvalue weighted by Gasteiger charge is -2.33. The minimum Gasteiger partial charge on any atom is -0.465 e. The number of amides is 1. The van der Waals surface area contributed by atoms with Gasteiger partial charge in [-0.05, 0) is 6.42 Å². The van der Waals surface area contributed by atoms with Crippen LogP contribution in [0.25, 0.3) is 0 Å². The summed E-state index contributed by atoms with van der Waals surface area (Å²) in [7, 11) is 0. The minimum atomic E-state index is -1.51. The molecule has 0 saturated carbocycles. The molecule has 19 heavy (non-hydrogen) atoms. The Kier molecular flexibility index (Phi) is 3.56. The van der Waals surface area contributed by atoms with Crippen LogP contribution in [-0.2, 0) is 0 Å². The molecule has 1 aliphatic heterocycles. The molecule has 1 fully saturated rings. The molecule has 0 aliphatic carbocycles. The standard InChI is InChI=1S/C9H10ClFN4O4/c10-8-7(15(18)19)3-12-14(8)6-1-2-13(9(16)17)4-5(6)11/h3,5-6H,1-2,4H2,(H,16,17). The highest BCUT2D eigenvalue weighted by molar-refractivity contribution is 6.31. The maximum absolute atomic E-state index is 13.9. The van der Waals surface area contributed by atoms with Gasteiger partial charge in [-0.3, -0.25) is 10.1 Å². The summed E-state index contributed by atoms with van der Waals surface area (Å²) in [4.78, 5) is 21.6. The van der Waals surface area contributed by atoms with Crippen LogP contribution in [0.5, 0.6) is 0 Å². The van der Waals surface area contributed by atoms with Gasteiger partial charge in [0.2, 0.25) is 5.15 Å².